The van der Waals surface area contributed by atoms with E-state index in [1.54, 1.807) is 0 Å². The van der Waals surface area contributed by atoms with Crippen molar-refractivity contribution in [1.82, 2.24) is 9.88 Å². The number of nitrogens with one attached hydrogen (secondary N) is 1. The van der Waals surface area contributed by atoms with Gasteiger partial charge in [-0.3, -0.25) is 9.59 Å². The lowest BCUT2D eigenvalue weighted by molar-refractivity contribution is -0.141. The first kappa shape index (κ1) is 14.7. The standard InChI is InChI=1S/C12H13BrN2O5/c1-20-7-3-9(12(18)19)15(5-7)11(17)6-2-8(13)10(16)14-4-6/h2,4,7,9H,3,5H2,1H3,(H,14,16)(H,18,19). The molecule has 1 aromatic heterocycles. The minimum atomic E-state index is -1.07. The Morgan fingerprint density at radius 1 is 1.55 bits per heavy atom. The quantitative estimate of drug-likeness (QED) is 0.829. The van der Waals surface area contributed by atoms with Gasteiger partial charge in [0.05, 0.1) is 16.1 Å². The van der Waals surface area contributed by atoms with Crippen molar-refractivity contribution in [2.45, 2.75) is 18.6 Å². The number of carboxylic acids is 1. The van der Waals surface area contributed by atoms with E-state index in [-0.39, 0.29) is 34.7 Å². The van der Waals surface area contributed by atoms with Gasteiger partial charge < -0.3 is 19.7 Å². The van der Waals surface area contributed by atoms with Crippen LogP contribution < -0.4 is 5.56 Å². The number of aromatic amines is 1. The van der Waals surface area contributed by atoms with Gasteiger partial charge in [-0.15, -0.1) is 0 Å². The van der Waals surface area contributed by atoms with E-state index < -0.39 is 17.9 Å². The smallest absolute Gasteiger partial charge is 0.326 e. The van der Waals surface area contributed by atoms with Crippen LogP contribution in [0.2, 0.25) is 0 Å². The number of amides is 1. The Kier molecular flexibility index (Phi) is 4.24. The molecule has 8 heteroatoms. The molecule has 108 valence electrons. The second-order valence-electron chi connectivity index (χ2n) is 4.47. The van der Waals surface area contributed by atoms with Gasteiger partial charge in [0.25, 0.3) is 11.5 Å². The molecule has 2 unspecified atom stereocenters. The van der Waals surface area contributed by atoms with Crippen molar-refractivity contribution in [3.63, 3.8) is 0 Å². The molecule has 2 rings (SSSR count). The maximum atomic E-state index is 12.4. The Morgan fingerprint density at radius 2 is 2.25 bits per heavy atom. The summed E-state index contributed by atoms with van der Waals surface area (Å²) in [7, 11) is 1.48. The monoisotopic (exact) mass is 344 g/mol. The maximum Gasteiger partial charge on any atom is 0.326 e. The Morgan fingerprint density at radius 3 is 2.80 bits per heavy atom. The number of carbonyl (C=O) groups excluding carboxylic acids is 1. The third-order valence-corrected chi connectivity index (χ3v) is 3.84. The first-order chi connectivity index (χ1) is 9.43. The van der Waals surface area contributed by atoms with Gasteiger partial charge >= 0.3 is 5.97 Å². The van der Waals surface area contributed by atoms with Crippen molar-refractivity contribution in [3.05, 3.63) is 32.7 Å². The summed E-state index contributed by atoms with van der Waals surface area (Å²) >= 11 is 3.04. The van der Waals surface area contributed by atoms with Crippen LogP contribution in [0.3, 0.4) is 0 Å². The average molecular weight is 345 g/mol. The molecule has 0 bridgehead atoms. The van der Waals surface area contributed by atoms with Crippen LogP contribution in [0, 0.1) is 0 Å². The van der Waals surface area contributed by atoms with Crippen molar-refractivity contribution >= 4 is 27.8 Å². The summed E-state index contributed by atoms with van der Waals surface area (Å²) in [4.78, 5) is 38.5. The number of carbonyl (C=O) groups is 2. The van der Waals surface area contributed by atoms with Gasteiger partial charge in [0.15, 0.2) is 0 Å². The van der Waals surface area contributed by atoms with Crippen LogP contribution in [0.5, 0.6) is 0 Å². The average Bonchev–Trinajstić information content (AvgIpc) is 2.85. The third-order valence-electron chi connectivity index (χ3n) is 3.25. The zero-order valence-corrected chi connectivity index (χ0v) is 12.2. The summed E-state index contributed by atoms with van der Waals surface area (Å²) < 4.78 is 5.35. The molecule has 1 amide bonds. The number of carboxylic acid groups (broad SMARTS) is 1. The fourth-order valence-corrected chi connectivity index (χ4v) is 2.53. The summed E-state index contributed by atoms with van der Waals surface area (Å²) in [6.45, 7) is 0.211. The first-order valence-corrected chi connectivity index (χ1v) is 6.68. The van der Waals surface area contributed by atoms with Gasteiger partial charge in [-0.05, 0) is 22.0 Å². The number of likely N-dealkylation sites (tertiary alicyclic amines) is 1. The highest BCUT2D eigenvalue weighted by atomic mass is 79.9. The van der Waals surface area contributed by atoms with Crippen molar-refractivity contribution < 1.29 is 19.4 Å². The molecule has 1 fully saturated rings. The largest absolute Gasteiger partial charge is 0.480 e. The number of pyridine rings is 1. The van der Waals surface area contributed by atoms with E-state index >= 15 is 0 Å². The Bertz CT molecular complexity index is 600. The van der Waals surface area contributed by atoms with Gasteiger partial charge in [-0.1, -0.05) is 0 Å². The van der Waals surface area contributed by atoms with Crippen LogP contribution in [0.25, 0.3) is 0 Å². The molecular weight excluding hydrogens is 332 g/mol. The summed E-state index contributed by atoms with van der Waals surface area (Å²) in [6, 6.07) is 0.457. The molecule has 0 aliphatic carbocycles. The van der Waals surface area contributed by atoms with Crippen LogP contribution in [0.1, 0.15) is 16.8 Å². The van der Waals surface area contributed by atoms with Crippen molar-refractivity contribution in [2.75, 3.05) is 13.7 Å². The van der Waals surface area contributed by atoms with Crippen molar-refractivity contribution in [3.8, 4) is 0 Å². The number of hydrogen-bond donors (Lipinski definition) is 2. The molecule has 1 saturated heterocycles. The van der Waals surface area contributed by atoms with Crippen LogP contribution in [0.15, 0.2) is 21.5 Å². The van der Waals surface area contributed by atoms with E-state index in [0.29, 0.717) is 0 Å². The zero-order chi connectivity index (χ0) is 14.9. The fourth-order valence-electron chi connectivity index (χ4n) is 2.17. The Labute approximate surface area is 122 Å². The molecule has 2 N–H and O–H groups in total. The number of aliphatic carboxylic acids is 1. The molecule has 0 radical (unpaired) electrons. The third kappa shape index (κ3) is 2.75. The number of rotatable bonds is 3. The van der Waals surface area contributed by atoms with Crippen LogP contribution in [0.4, 0.5) is 0 Å². The maximum absolute atomic E-state index is 12.4. The molecule has 2 atom stereocenters. The predicted molar refractivity (Wildman–Crippen MR) is 72.6 cm³/mol. The van der Waals surface area contributed by atoms with Crippen LogP contribution in [-0.4, -0.2) is 52.7 Å². The molecule has 1 aliphatic rings. The summed E-state index contributed by atoms with van der Waals surface area (Å²) in [5.74, 6) is -1.52. The second-order valence-corrected chi connectivity index (χ2v) is 5.32. The van der Waals surface area contributed by atoms with E-state index in [0.717, 1.165) is 0 Å². The molecule has 1 aromatic rings. The van der Waals surface area contributed by atoms with E-state index in [9.17, 15) is 19.5 Å². The fraction of sp³-hybridized carbons (Fsp3) is 0.417. The normalized spacial score (nSPS) is 22.0. The topological polar surface area (TPSA) is 99.7 Å². The van der Waals surface area contributed by atoms with Crippen molar-refractivity contribution in [1.29, 1.82) is 0 Å². The van der Waals surface area contributed by atoms with Crippen LogP contribution in [-0.2, 0) is 9.53 Å². The number of ether oxygens (including phenoxy) is 1. The van der Waals surface area contributed by atoms with Gasteiger partial charge in [-0.2, -0.15) is 0 Å². The molecule has 2 heterocycles. The summed E-state index contributed by atoms with van der Waals surface area (Å²) in [6.07, 6.45) is 1.22. The summed E-state index contributed by atoms with van der Waals surface area (Å²) in [5, 5.41) is 9.17. The van der Waals surface area contributed by atoms with E-state index in [2.05, 4.69) is 20.9 Å². The molecular formula is C12H13BrN2O5. The lowest BCUT2D eigenvalue weighted by atomic mass is 10.2. The molecule has 0 aromatic carbocycles. The number of H-pyrrole nitrogens is 1. The number of hydrogen-bond acceptors (Lipinski definition) is 4. The highest BCUT2D eigenvalue weighted by molar-refractivity contribution is 9.10. The lowest BCUT2D eigenvalue weighted by Gasteiger charge is -2.21. The van der Waals surface area contributed by atoms with Gasteiger partial charge in [0, 0.05) is 26.3 Å². The minimum absolute atomic E-state index is 0.211. The zero-order valence-electron chi connectivity index (χ0n) is 10.6. The Hall–Kier alpha value is -1.67. The number of halogens is 1. The lowest BCUT2D eigenvalue weighted by Crippen LogP contribution is -2.40. The molecule has 7 nitrogen and oxygen atoms in total. The first-order valence-electron chi connectivity index (χ1n) is 5.89. The van der Waals surface area contributed by atoms with Crippen LogP contribution >= 0.6 is 15.9 Å². The molecule has 20 heavy (non-hydrogen) atoms. The summed E-state index contributed by atoms with van der Waals surface area (Å²) in [5.41, 5.74) is -0.132. The highest BCUT2D eigenvalue weighted by Gasteiger charge is 2.40. The molecule has 0 spiro atoms. The number of aromatic nitrogens is 1. The van der Waals surface area contributed by atoms with Crippen molar-refractivity contribution in [2.24, 2.45) is 0 Å². The second kappa shape index (κ2) is 5.76. The number of methoxy groups -OCH3 is 1. The highest BCUT2D eigenvalue weighted by Crippen LogP contribution is 2.22. The predicted octanol–water partition coefficient (Wildman–Crippen LogP) is 0.451. The van der Waals surface area contributed by atoms with E-state index in [1.165, 1.54) is 24.3 Å². The molecule has 0 saturated carbocycles. The molecule has 1 aliphatic heterocycles. The van der Waals surface area contributed by atoms with E-state index in [4.69, 9.17) is 4.74 Å². The van der Waals surface area contributed by atoms with E-state index in [1.807, 2.05) is 0 Å². The minimum Gasteiger partial charge on any atom is -0.480 e. The van der Waals surface area contributed by atoms with Gasteiger partial charge in [0.1, 0.15) is 6.04 Å². The van der Waals surface area contributed by atoms with Gasteiger partial charge in [0.2, 0.25) is 0 Å². The van der Waals surface area contributed by atoms with Gasteiger partial charge in [-0.25, -0.2) is 4.79 Å². The SMILES string of the molecule is COC1CC(C(=O)O)N(C(=O)c2c[nH]c(=O)c(Br)c2)C1. The Balaban J connectivity index is 2.28. The number of nitrogens with zero attached hydrogens (tertiary/aromatic N) is 1.